The van der Waals surface area contributed by atoms with E-state index < -0.39 is 0 Å². The van der Waals surface area contributed by atoms with Gasteiger partial charge in [-0.15, -0.1) is 0 Å². The van der Waals surface area contributed by atoms with E-state index >= 15 is 0 Å². The van der Waals surface area contributed by atoms with Crippen molar-refractivity contribution in [3.63, 3.8) is 0 Å². The van der Waals surface area contributed by atoms with Crippen molar-refractivity contribution in [3.8, 4) is 5.75 Å². The van der Waals surface area contributed by atoms with E-state index in [2.05, 4.69) is 19.3 Å². The fraction of sp³-hybridized carbons (Fsp3) is 0.538. The molecule has 16 heavy (non-hydrogen) atoms. The summed E-state index contributed by atoms with van der Waals surface area (Å²) in [6, 6.07) is 10.1. The van der Waals surface area contributed by atoms with Gasteiger partial charge >= 0.3 is 0 Å². The van der Waals surface area contributed by atoms with Gasteiger partial charge in [-0.3, -0.25) is 11.3 Å². The van der Waals surface area contributed by atoms with Gasteiger partial charge in [-0.1, -0.05) is 44.9 Å². The molecule has 0 radical (unpaired) electrons. The smallest absolute Gasteiger partial charge is 0.119 e. The lowest BCUT2D eigenvalue weighted by molar-refractivity contribution is 0.210. The molecular formula is C13H22N2O. The van der Waals surface area contributed by atoms with Gasteiger partial charge in [-0.25, -0.2) is 0 Å². The molecule has 0 heterocycles. The molecule has 0 amide bonds. The Labute approximate surface area is 98.0 Å². The highest BCUT2D eigenvalue weighted by Gasteiger charge is 2.17. The summed E-state index contributed by atoms with van der Waals surface area (Å²) in [4.78, 5) is 0. The quantitative estimate of drug-likeness (QED) is 0.550. The summed E-state index contributed by atoms with van der Waals surface area (Å²) in [6.07, 6.45) is 2.23. The first kappa shape index (κ1) is 13.0. The number of nitrogens with one attached hydrogen (secondary N) is 1. The van der Waals surface area contributed by atoms with E-state index in [1.54, 1.807) is 0 Å². The summed E-state index contributed by atoms with van der Waals surface area (Å²) >= 11 is 0. The lowest BCUT2D eigenvalue weighted by atomic mass is 9.95. The number of rotatable bonds is 7. The van der Waals surface area contributed by atoms with E-state index in [9.17, 15) is 0 Å². The number of hydrogen-bond acceptors (Lipinski definition) is 3. The number of para-hydroxylation sites is 1. The van der Waals surface area contributed by atoms with Crippen LogP contribution < -0.4 is 16.0 Å². The Kier molecular flexibility index (Phi) is 5.90. The maximum absolute atomic E-state index is 5.70. The first-order valence-corrected chi connectivity index (χ1v) is 5.95. The molecule has 0 aliphatic heterocycles. The second-order valence-electron chi connectivity index (χ2n) is 3.97. The van der Waals surface area contributed by atoms with Gasteiger partial charge in [0.15, 0.2) is 0 Å². The van der Waals surface area contributed by atoms with Gasteiger partial charge in [-0.05, 0) is 18.1 Å². The van der Waals surface area contributed by atoms with Crippen LogP contribution in [0.4, 0.5) is 0 Å². The Balaban J connectivity index is 2.45. The summed E-state index contributed by atoms with van der Waals surface area (Å²) in [5.41, 5.74) is 2.85. The average molecular weight is 222 g/mol. The van der Waals surface area contributed by atoms with Crippen molar-refractivity contribution in [2.75, 3.05) is 6.61 Å². The minimum absolute atomic E-state index is 0.218. The monoisotopic (exact) mass is 222 g/mol. The molecule has 3 nitrogen and oxygen atoms in total. The molecule has 0 saturated carbocycles. The predicted octanol–water partition coefficient (Wildman–Crippen LogP) is 2.33. The molecule has 0 aliphatic carbocycles. The SMILES string of the molecule is CCC(CC)C(COc1ccccc1)NN. The van der Waals surface area contributed by atoms with Crippen LogP contribution in [-0.2, 0) is 0 Å². The molecule has 1 atom stereocenters. The summed E-state index contributed by atoms with van der Waals surface area (Å²) in [5.74, 6) is 7.02. The van der Waals surface area contributed by atoms with E-state index in [4.69, 9.17) is 10.6 Å². The first-order chi connectivity index (χ1) is 7.81. The first-order valence-electron chi connectivity index (χ1n) is 5.95. The van der Waals surface area contributed by atoms with Crippen LogP contribution >= 0.6 is 0 Å². The number of hydrogen-bond donors (Lipinski definition) is 2. The third-order valence-corrected chi connectivity index (χ3v) is 3.00. The molecular weight excluding hydrogens is 200 g/mol. The molecule has 0 spiro atoms. The fourth-order valence-electron chi connectivity index (χ4n) is 1.88. The lowest BCUT2D eigenvalue weighted by Crippen LogP contribution is -2.44. The molecule has 3 N–H and O–H groups in total. The lowest BCUT2D eigenvalue weighted by Gasteiger charge is -2.24. The van der Waals surface area contributed by atoms with Crippen molar-refractivity contribution in [2.24, 2.45) is 11.8 Å². The van der Waals surface area contributed by atoms with E-state index in [-0.39, 0.29) is 6.04 Å². The third kappa shape index (κ3) is 3.83. The second kappa shape index (κ2) is 7.25. The van der Waals surface area contributed by atoms with Crippen LogP contribution in [0.15, 0.2) is 30.3 Å². The molecule has 0 saturated heterocycles. The zero-order valence-corrected chi connectivity index (χ0v) is 10.1. The summed E-state index contributed by atoms with van der Waals surface area (Å²) in [7, 11) is 0. The van der Waals surface area contributed by atoms with Crippen LogP contribution in [0.1, 0.15) is 26.7 Å². The minimum Gasteiger partial charge on any atom is -0.492 e. The molecule has 1 aromatic carbocycles. The predicted molar refractivity (Wildman–Crippen MR) is 67.1 cm³/mol. The molecule has 3 heteroatoms. The van der Waals surface area contributed by atoms with Crippen molar-refractivity contribution in [1.29, 1.82) is 0 Å². The summed E-state index contributed by atoms with van der Waals surface area (Å²) in [5, 5.41) is 0. The van der Waals surface area contributed by atoms with Crippen molar-refractivity contribution in [1.82, 2.24) is 5.43 Å². The summed E-state index contributed by atoms with van der Waals surface area (Å²) in [6.45, 7) is 4.98. The minimum atomic E-state index is 0.218. The van der Waals surface area contributed by atoms with Gasteiger partial charge in [0.2, 0.25) is 0 Å². The normalized spacial score (nSPS) is 12.8. The van der Waals surface area contributed by atoms with E-state index in [0.717, 1.165) is 18.6 Å². The molecule has 90 valence electrons. The van der Waals surface area contributed by atoms with Crippen molar-refractivity contribution >= 4 is 0 Å². The Morgan fingerprint density at radius 2 is 1.81 bits per heavy atom. The number of benzene rings is 1. The highest BCUT2D eigenvalue weighted by atomic mass is 16.5. The molecule has 0 aliphatic rings. The zero-order valence-electron chi connectivity index (χ0n) is 10.1. The van der Waals surface area contributed by atoms with Crippen LogP contribution in [0.5, 0.6) is 5.75 Å². The van der Waals surface area contributed by atoms with Gasteiger partial charge in [0, 0.05) is 0 Å². The van der Waals surface area contributed by atoms with Crippen molar-refractivity contribution in [3.05, 3.63) is 30.3 Å². The van der Waals surface area contributed by atoms with E-state index in [0.29, 0.717) is 12.5 Å². The van der Waals surface area contributed by atoms with E-state index in [1.165, 1.54) is 0 Å². The number of hydrazine groups is 1. The van der Waals surface area contributed by atoms with E-state index in [1.807, 2.05) is 30.3 Å². The van der Waals surface area contributed by atoms with Gasteiger partial charge in [0.25, 0.3) is 0 Å². The second-order valence-corrected chi connectivity index (χ2v) is 3.97. The number of ether oxygens (including phenoxy) is 1. The average Bonchev–Trinajstić information content (AvgIpc) is 2.35. The number of nitrogens with two attached hydrogens (primary N) is 1. The fourth-order valence-corrected chi connectivity index (χ4v) is 1.88. The molecule has 1 unspecified atom stereocenters. The Morgan fingerprint density at radius 1 is 1.19 bits per heavy atom. The third-order valence-electron chi connectivity index (χ3n) is 3.00. The molecule has 0 fully saturated rings. The maximum Gasteiger partial charge on any atom is 0.119 e. The molecule has 0 bridgehead atoms. The summed E-state index contributed by atoms with van der Waals surface area (Å²) < 4.78 is 5.70. The Bertz CT molecular complexity index is 273. The van der Waals surface area contributed by atoms with Gasteiger partial charge in [-0.2, -0.15) is 0 Å². The van der Waals surface area contributed by atoms with Crippen LogP contribution in [0.3, 0.4) is 0 Å². The molecule has 1 aromatic rings. The standard InChI is InChI=1S/C13H22N2O/c1-3-11(4-2)13(15-14)10-16-12-8-6-5-7-9-12/h5-9,11,13,15H,3-4,10,14H2,1-2H3. The zero-order chi connectivity index (χ0) is 11.8. The van der Waals surface area contributed by atoms with Gasteiger partial charge in [0.05, 0.1) is 6.04 Å². The Morgan fingerprint density at radius 3 is 2.31 bits per heavy atom. The van der Waals surface area contributed by atoms with Crippen molar-refractivity contribution < 1.29 is 4.74 Å². The molecule has 0 aromatic heterocycles. The highest BCUT2D eigenvalue weighted by molar-refractivity contribution is 5.20. The largest absolute Gasteiger partial charge is 0.492 e. The van der Waals surface area contributed by atoms with Crippen LogP contribution in [0, 0.1) is 5.92 Å². The van der Waals surface area contributed by atoms with Crippen molar-refractivity contribution in [2.45, 2.75) is 32.7 Å². The van der Waals surface area contributed by atoms with Crippen LogP contribution in [-0.4, -0.2) is 12.6 Å². The Hall–Kier alpha value is -1.06. The van der Waals surface area contributed by atoms with Gasteiger partial charge < -0.3 is 4.74 Å². The maximum atomic E-state index is 5.70. The van der Waals surface area contributed by atoms with Crippen LogP contribution in [0.2, 0.25) is 0 Å². The van der Waals surface area contributed by atoms with Crippen LogP contribution in [0.25, 0.3) is 0 Å². The van der Waals surface area contributed by atoms with Gasteiger partial charge in [0.1, 0.15) is 12.4 Å². The highest BCUT2D eigenvalue weighted by Crippen LogP contribution is 2.15. The molecule has 1 rings (SSSR count). The topological polar surface area (TPSA) is 47.3 Å².